The molecule has 0 aromatic heterocycles. The normalized spacial score (nSPS) is 14.0. The van der Waals surface area contributed by atoms with Crippen molar-refractivity contribution in [1.82, 2.24) is 20.0 Å². The van der Waals surface area contributed by atoms with Crippen molar-refractivity contribution in [3.8, 4) is 0 Å². The molecule has 1 saturated heterocycles. The summed E-state index contributed by atoms with van der Waals surface area (Å²) in [6.07, 6.45) is 0.256. The lowest BCUT2D eigenvalue weighted by atomic mass is 10.2. The molecule has 1 heterocycles. The first-order chi connectivity index (χ1) is 13.0. The molecule has 0 radical (unpaired) electrons. The number of nitrogens with zero attached hydrogens (tertiary/aromatic N) is 3. The molecule has 1 aromatic rings. The Morgan fingerprint density at radius 3 is 2.11 bits per heavy atom. The van der Waals surface area contributed by atoms with Gasteiger partial charge >= 0.3 is 6.03 Å². The van der Waals surface area contributed by atoms with Crippen molar-refractivity contribution in [3.05, 3.63) is 34.3 Å². The van der Waals surface area contributed by atoms with Gasteiger partial charge in [-0.05, 0) is 38.1 Å². The van der Waals surface area contributed by atoms with Gasteiger partial charge in [-0.2, -0.15) is 0 Å². The first kappa shape index (κ1) is 21.2. The molecule has 0 atom stereocenters. The second kappa shape index (κ2) is 10.3. The van der Waals surface area contributed by atoms with E-state index in [-0.39, 0.29) is 24.3 Å². The summed E-state index contributed by atoms with van der Waals surface area (Å²) < 4.78 is 0.910. The first-order valence-electron chi connectivity index (χ1n) is 9.31. The van der Waals surface area contributed by atoms with Crippen LogP contribution in [0.1, 0.15) is 30.6 Å². The minimum atomic E-state index is -0.190. The highest BCUT2D eigenvalue weighted by Crippen LogP contribution is 2.10. The van der Waals surface area contributed by atoms with Crippen molar-refractivity contribution in [2.75, 3.05) is 45.8 Å². The number of carbonyl (C=O) groups is 3. The molecular weight excluding hydrogens is 412 g/mol. The maximum atomic E-state index is 12.3. The van der Waals surface area contributed by atoms with Crippen LogP contribution in [-0.4, -0.2) is 78.4 Å². The van der Waals surface area contributed by atoms with Crippen LogP contribution in [0.3, 0.4) is 0 Å². The molecule has 2 rings (SSSR count). The van der Waals surface area contributed by atoms with E-state index in [9.17, 15) is 14.4 Å². The number of nitrogens with one attached hydrogen (secondary N) is 1. The smallest absolute Gasteiger partial charge is 0.320 e. The van der Waals surface area contributed by atoms with Crippen LogP contribution < -0.4 is 5.32 Å². The van der Waals surface area contributed by atoms with Gasteiger partial charge in [0.25, 0.3) is 5.91 Å². The number of urea groups is 1. The Bertz CT molecular complexity index is 653. The molecule has 0 saturated carbocycles. The quantitative estimate of drug-likeness (QED) is 0.739. The van der Waals surface area contributed by atoms with E-state index in [1.54, 1.807) is 39.0 Å². The zero-order valence-corrected chi connectivity index (χ0v) is 17.5. The summed E-state index contributed by atoms with van der Waals surface area (Å²) in [5, 5.41) is 2.77. The number of hydrogen-bond donors (Lipinski definition) is 1. The molecule has 27 heavy (non-hydrogen) atoms. The molecule has 0 aliphatic carbocycles. The minimum absolute atomic E-state index is 0.000967. The Morgan fingerprint density at radius 1 is 1.00 bits per heavy atom. The Morgan fingerprint density at radius 2 is 1.56 bits per heavy atom. The zero-order chi connectivity index (χ0) is 19.8. The van der Waals surface area contributed by atoms with Crippen molar-refractivity contribution < 1.29 is 14.4 Å². The molecule has 0 unspecified atom stereocenters. The van der Waals surface area contributed by atoms with E-state index >= 15 is 0 Å². The molecule has 1 N–H and O–H groups in total. The number of piperazine rings is 1. The second-order valence-electron chi connectivity index (χ2n) is 6.34. The summed E-state index contributed by atoms with van der Waals surface area (Å²) in [4.78, 5) is 42.1. The van der Waals surface area contributed by atoms with Gasteiger partial charge in [0.15, 0.2) is 0 Å². The molecule has 0 bridgehead atoms. The van der Waals surface area contributed by atoms with E-state index < -0.39 is 0 Å². The second-order valence-corrected chi connectivity index (χ2v) is 7.25. The highest BCUT2D eigenvalue weighted by atomic mass is 79.9. The largest absolute Gasteiger partial charge is 0.352 e. The van der Waals surface area contributed by atoms with Crippen LogP contribution in [0.2, 0.25) is 0 Å². The molecule has 4 amide bonds. The van der Waals surface area contributed by atoms with Crippen LogP contribution in [0, 0.1) is 0 Å². The molecule has 148 valence electrons. The SMILES string of the molecule is CCN(CC)C(=O)N1CCN(C(=O)CCNC(=O)c2ccc(Br)cc2)CC1. The van der Waals surface area contributed by atoms with Gasteiger partial charge < -0.3 is 20.0 Å². The van der Waals surface area contributed by atoms with Crippen LogP contribution in [-0.2, 0) is 4.79 Å². The van der Waals surface area contributed by atoms with Gasteiger partial charge in [-0.3, -0.25) is 9.59 Å². The third-order valence-electron chi connectivity index (χ3n) is 4.67. The molecular formula is C19H27BrN4O3. The summed E-state index contributed by atoms with van der Waals surface area (Å²) >= 11 is 3.33. The monoisotopic (exact) mass is 438 g/mol. The molecule has 7 nitrogen and oxygen atoms in total. The van der Waals surface area contributed by atoms with E-state index in [1.165, 1.54) is 0 Å². The molecule has 0 spiro atoms. The van der Waals surface area contributed by atoms with E-state index in [0.29, 0.717) is 51.4 Å². The average molecular weight is 439 g/mol. The van der Waals surface area contributed by atoms with Crippen molar-refractivity contribution in [3.63, 3.8) is 0 Å². The number of halogens is 1. The van der Waals surface area contributed by atoms with Crippen LogP contribution in [0.15, 0.2) is 28.7 Å². The van der Waals surface area contributed by atoms with Gasteiger partial charge in [0, 0.05) is 62.3 Å². The maximum Gasteiger partial charge on any atom is 0.320 e. The first-order valence-corrected chi connectivity index (χ1v) is 10.1. The number of rotatable bonds is 6. The number of hydrogen-bond acceptors (Lipinski definition) is 3. The summed E-state index contributed by atoms with van der Waals surface area (Å²) in [5.74, 6) is -0.189. The third-order valence-corrected chi connectivity index (χ3v) is 5.20. The van der Waals surface area contributed by atoms with Crippen LogP contribution >= 0.6 is 15.9 Å². The van der Waals surface area contributed by atoms with Crippen LogP contribution in [0.25, 0.3) is 0 Å². The highest BCUT2D eigenvalue weighted by molar-refractivity contribution is 9.10. The van der Waals surface area contributed by atoms with Gasteiger partial charge in [0.2, 0.25) is 5.91 Å². The summed E-state index contributed by atoms with van der Waals surface area (Å²) in [5.41, 5.74) is 0.564. The maximum absolute atomic E-state index is 12.3. The predicted molar refractivity (Wildman–Crippen MR) is 108 cm³/mol. The Kier molecular flexibility index (Phi) is 8.09. The van der Waals surface area contributed by atoms with Crippen molar-refractivity contribution in [2.45, 2.75) is 20.3 Å². The minimum Gasteiger partial charge on any atom is -0.352 e. The number of carbonyl (C=O) groups excluding carboxylic acids is 3. The molecule has 1 aliphatic rings. The van der Waals surface area contributed by atoms with Gasteiger partial charge in [-0.15, -0.1) is 0 Å². The van der Waals surface area contributed by atoms with Gasteiger partial charge in [0.05, 0.1) is 0 Å². The van der Waals surface area contributed by atoms with Gasteiger partial charge in [-0.1, -0.05) is 15.9 Å². The van der Waals surface area contributed by atoms with E-state index in [1.807, 2.05) is 13.8 Å². The lowest BCUT2D eigenvalue weighted by molar-refractivity contribution is -0.132. The van der Waals surface area contributed by atoms with Gasteiger partial charge in [-0.25, -0.2) is 4.79 Å². The van der Waals surface area contributed by atoms with Crippen molar-refractivity contribution in [2.24, 2.45) is 0 Å². The fourth-order valence-electron chi connectivity index (χ4n) is 2.99. The lowest BCUT2D eigenvalue weighted by Crippen LogP contribution is -2.54. The summed E-state index contributed by atoms with van der Waals surface area (Å²) in [6, 6.07) is 7.10. The van der Waals surface area contributed by atoms with E-state index in [2.05, 4.69) is 21.2 Å². The predicted octanol–water partition coefficient (Wildman–Crippen LogP) is 2.18. The highest BCUT2D eigenvalue weighted by Gasteiger charge is 2.25. The van der Waals surface area contributed by atoms with E-state index in [4.69, 9.17) is 0 Å². The molecule has 1 aromatic carbocycles. The van der Waals surface area contributed by atoms with Gasteiger partial charge in [0.1, 0.15) is 0 Å². The van der Waals surface area contributed by atoms with Crippen molar-refractivity contribution in [1.29, 1.82) is 0 Å². The Balaban J connectivity index is 1.72. The molecule has 8 heteroatoms. The number of amides is 4. The Labute approximate surface area is 168 Å². The van der Waals surface area contributed by atoms with E-state index in [0.717, 1.165) is 4.47 Å². The Hall–Kier alpha value is -2.09. The standard InChI is InChI=1S/C19H27BrN4O3/c1-3-22(4-2)19(27)24-13-11-23(12-14-24)17(25)9-10-21-18(26)15-5-7-16(20)8-6-15/h5-8H,3-4,9-14H2,1-2H3,(H,21,26). The van der Waals surface area contributed by atoms with Crippen LogP contribution in [0.4, 0.5) is 4.79 Å². The molecule has 1 fully saturated rings. The fraction of sp³-hybridized carbons (Fsp3) is 0.526. The lowest BCUT2D eigenvalue weighted by Gasteiger charge is -2.37. The fourth-order valence-corrected chi connectivity index (χ4v) is 3.25. The zero-order valence-electron chi connectivity index (χ0n) is 15.9. The van der Waals surface area contributed by atoms with Crippen LogP contribution in [0.5, 0.6) is 0 Å². The third kappa shape index (κ3) is 5.95. The number of benzene rings is 1. The summed E-state index contributed by atoms with van der Waals surface area (Å²) in [7, 11) is 0. The topological polar surface area (TPSA) is 73.0 Å². The van der Waals surface area contributed by atoms with Crippen molar-refractivity contribution >= 4 is 33.8 Å². The molecule has 1 aliphatic heterocycles. The average Bonchev–Trinajstić information content (AvgIpc) is 2.69. The summed E-state index contributed by atoms with van der Waals surface area (Å²) in [6.45, 7) is 7.76.